The molecule has 0 saturated carbocycles. The number of carbonyl (C=O) groups is 1. The topological polar surface area (TPSA) is 75.3 Å². The number of hydrogen-bond acceptors (Lipinski definition) is 4. The monoisotopic (exact) mass is 299 g/mol. The predicted octanol–water partition coefficient (Wildman–Crippen LogP) is 1.45. The molecule has 1 amide bonds. The minimum Gasteiger partial charge on any atom is -0.474 e. The summed E-state index contributed by atoms with van der Waals surface area (Å²) in [5, 5.41) is 0. The van der Waals surface area contributed by atoms with Crippen LogP contribution in [0.1, 0.15) is 23.2 Å². The van der Waals surface area contributed by atoms with Crippen LogP contribution in [0.5, 0.6) is 5.88 Å². The molecule has 6 heteroatoms. The molecule has 1 saturated heterocycles. The van der Waals surface area contributed by atoms with Crippen LogP contribution in [-0.2, 0) is 0 Å². The zero-order valence-electron chi connectivity index (χ0n) is 12.1. The smallest absolute Gasteiger partial charge is 0.255 e. The van der Waals surface area contributed by atoms with Crippen LogP contribution < -0.4 is 10.3 Å². The van der Waals surface area contributed by atoms with Crippen molar-refractivity contribution < 1.29 is 9.53 Å². The molecule has 0 unspecified atom stereocenters. The number of rotatable bonds is 3. The van der Waals surface area contributed by atoms with Crippen molar-refractivity contribution in [1.29, 1.82) is 0 Å². The molecule has 0 aliphatic carbocycles. The predicted molar refractivity (Wildman–Crippen MR) is 80.9 cm³/mol. The molecule has 1 N–H and O–H groups in total. The molecule has 0 aromatic carbocycles. The Morgan fingerprint density at radius 3 is 2.68 bits per heavy atom. The van der Waals surface area contributed by atoms with Crippen molar-refractivity contribution in [3.05, 3.63) is 58.6 Å². The van der Waals surface area contributed by atoms with Crippen LogP contribution in [0.4, 0.5) is 0 Å². The normalized spacial score (nSPS) is 15.5. The summed E-state index contributed by atoms with van der Waals surface area (Å²) in [6.45, 7) is 1.27. The Bertz CT molecular complexity index is 671. The summed E-state index contributed by atoms with van der Waals surface area (Å²) in [6.07, 6.45) is 4.78. The van der Waals surface area contributed by atoms with Crippen molar-refractivity contribution in [3.63, 3.8) is 0 Å². The molecule has 0 atom stereocenters. The van der Waals surface area contributed by atoms with Gasteiger partial charge in [0, 0.05) is 50.5 Å². The molecule has 3 rings (SSSR count). The van der Waals surface area contributed by atoms with Crippen LogP contribution in [0.3, 0.4) is 0 Å². The second-order valence-electron chi connectivity index (χ2n) is 5.22. The molecule has 0 spiro atoms. The number of nitrogens with zero attached hydrogens (tertiary/aromatic N) is 2. The Hall–Kier alpha value is -2.63. The molecule has 0 bridgehead atoms. The maximum absolute atomic E-state index is 12.3. The first-order chi connectivity index (χ1) is 10.7. The minimum atomic E-state index is -0.209. The largest absolute Gasteiger partial charge is 0.474 e. The minimum absolute atomic E-state index is 0.0625. The molecule has 1 fully saturated rings. The summed E-state index contributed by atoms with van der Waals surface area (Å²) in [5.41, 5.74) is 0.294. The van der Waals surface area contributed by atoms with E-state index in [9.17, 15) is 9.59 Å². The van der Waals surface area contributed by atoms with Crippen LogP contribution >= 0.6 is 0 Å². The third-order valence-electron chi connectivity index (χ3n) is 3.69. The molecule has 22 heavy (non-hydrogen) atoms. The molecule has 1 aliphatic rings. The summed E-state index contributed by atoms with van der Waals surface area (Å²) >= 11 is 0. The SMILES string of the molecule is O=C(c1ccc(=O)[nH]c1)N1CCC(Oc2ccccn2)CC1. The number of pyridine rings is 2. The van der Waals surface area contributed by atoms with E-state index in [1.807, 2.05) is 18.2 Å². The summed E-state index contributed by atoms with van der Waals surface area (Å²) in [5.74, 6) is 0.556. The fraction of sp³-hybridized carbons (Fsp3) is 0.312. The van der Waals surface area contributed by atoms with Crippen molar-refractivity contribution in [2.75, 3.05) is 13.1 Å². The van der Waals surface area contributed by atoms with Gasteiger partial charge in [0.2, 0.25) is 11.4 Å². The molecule has 2 aromatic rings. The van der Waals surface area contributed by atoms with Gasteiger partial charge in [-0.1, -0.05) is 6.07 Å². The third kappa shape index (κ3) is 3.33. The van der Waals surface area contributed by atoms with E-state index in [1.165, 1.54) is 12.3 Å². The van der Waals surface area contributed by atoms with Crippen LogP contribution in [0.2, 0.25) is 0 Å². The lowest BCUT2D eigenvalue weighted by atomic mass is 10.1. The number of amides is 1. The Labute approximate surface area is 127 Å². The number of H-pyrrole nitrogens is 1. The zero-order valence-corrected chi connectivity index (χ0v) is 12.1. The van der Waals surface area contributed by atoms with E-state index in [0.717, 1.165) is 12.8 Å². The molecule has 2 aromatic heterocycles. The van der Waals surface area contributed by atoms with Gasteiger partial charge in [0.15, 0.2) is 0 Å². The van der Waals surface area contributed by atoms with Crippen molar-refractivity contribution in [2.24, 2.45) is 0 Å². The molecular weight excluding hydrogens is 282 g/mol. The number of carbonyl (C=O) groups excluding carboxylic acids is 1. The average molecular weight is 299 g/mol. The Morgan fingerprint density at radius 2 is 2.05 bits per heavy atom. The quantitative estimate of drug-likeness (QED) is 0.931. The van der Waals surface area contributed by atoms with Gasteiger partial charge in [-0.3, -0.25) is 9.59 Å². The standard InChI is InChI=1S/C16H17N3O3/c20-14-5-4-12(11-18-14)16(21)19-9-6-13(7-10-19)22-15-3-1-2-8-17-15/h1-5,8,11,13H,6-7,9-10H2,(H,18,20). The average Bonchev–Trinajstić information content (AvgIpc) is 2.57. The van der Waals surface area contributed by atoms with Gasteiger partial charge in [0.1, 0.15) is 6.10 Å². The van der Waals surface area contributed by atoms with Gasteiger partial charge >= 0.3 is 0 Å². The highest BCUT2D eigenvalue weighted by molar-refractivity contribution is 5.93. The lowest BCUT2D eigenvalue weighted by molar-refractivity contribution is 0.0587. The maximum atomic E-state index is 12.3. The summed E-state index contributed by atoms with van der Waals surface area (Å²) in [4.78, 5) is 31.8. The second kappa shape index (κ2) is 6.43. The van der Waals surface area contributed by atoms with E-state index in [-0.39, 0.29) is 17.6 Å². The lowest BCUT2D eigenvalue weighted by Gasteiger charge is -2.31. The van der Waals surface area contributed by atoms with Crippen molar-refractivity contribution in [2.45, 2.75) is 18.9 Å². The molecule has 3 heterocycles. The highest BCUT2D eigenvalue weighted by Gasteiger charge is 2.24. The van der Waals surface area contributed by atoms with E-state index < -0.39 is 0 Å². The lowest BCUT2D eigenvalue weighted by Crippen LogP contribution is -2.42. The molecule has 1 aliphatic heterocycles. The number of likely N-dealkylation sites (tertiary alicyclic amines) is 1. The number of ether oxygens (including phenoxy) is 1. The number of nitrogens with one attached hydrogen (secondary N) is 1. The van der Waals surface area contributed by atoms with Gasteiger partial charge in [-0.15, -0.1) is 0 Å². The molecule has 6 nitrogen and oxygen atoms in total. The molecule has 114 valence electrons. The fourth-order valence-corrected chi connectivity index (χ4v) is 2.49. The van der Waals surface area contributed by atoms with Crippen LogP contribution in [0.15, 0.2) is 47.5 Å². The second-order valence-corrected chi connectivity index (χ2v) is 5.22. The van der Waals surface area contributed by atoms with Gasteiger partial charge in [-0.2, -0.15) is 0 Å². The first kappa shape index (κ1) is 14.3. The third-order valence-corrected chi connectivity index (χ3v) is 3.69. The van der Waals surface area contributed by atoms with Gasteiger partial charge in [-0.25, -0.2) is 4.98 Å². The molecular formula is C16H17N3O3. The summed E-state index contributed by atoms with van der Waals surface area (Å²) in [7, 11) is 0. The first-order valence-corrected chi connectivity index (χ1v) is 7.28. The number of aromatic amines is 1. The van der Waals surface area contributed by atoms with Gasteiger partial charge < -0.3 is 14.6 Å². The zero-order chi connectivity index (χ0) is 15.4. The van der Waals surface area contributed by atoms with E-state index in [1.54, 1.807) is 17.2 Å². The number of piperidine rings is 1. The Morgan fingerprint density at radius 1 is 1.23 bits per heavy atom. The Kier molecular flexibility index (Phi) is 4.18. The van der Waals surface area contributed by atoms with E-state index >= 15 is 0 Å². The van der Waals surface area contributed by atoms with Crippen molar-refractivity contribution in [1.82, 2.24) is 14.9 Å². The number of hydrogen-bond donors (Lipinski definition) is 1. The highest BCUT2D eigenvalue weighted by Crippen LogP contribution is 2.18. The van der Waals surface area contributed by atoms with Gasteiger partial charge in [0.05, 0.1) is 5.56 Å². The maximum Gasteiger partial charge on any atom is 0.255 e. The van der Waals surface area contributed by atoms with E-state index in [4.69, 9.17) is 4.74 Å². The summed E-state index contributed by atoms with van der Waals surface area (Å²) < 4.78 is 5.81. The highest BCUT2D eigenvalue weighted by atomic mass is 16.5. The van der Waals surface area contributed by atoms with Crippen LogP contribution in [0, 0.1) is 0 Å². The van der Waals surface area contributed by atoms with Crippen LogP contribution in [-0.4, -0.2) is 40.0 Å². The number of aromatic nitrogens is 2. The summed E-state index contributed by atoms with van der Waals surface area (Å²) in [6, 6.07) is 8.48. The van der Waals surface area contributed by atoms with Crippen molar-refractivity contribution >= 4 is 5.91 Å². The Balaban J connectivity index is 1.56. The first-order valence-electron chi connectivity index (χ1n) is 7.28. The molecule has 0 radical (unpaired) electrons. The van der Waals surface area contributed by atoms with Crippen LogP contribution in [0.25, 0.3) is 0 Å². The van der Waals surface area contributed by atoms with E-state index in [0.29, 0.717) is 24.5 Å². The van der Waals surface area contributed by atoms with E-state index in [2.05, 4.69) is 9.97 Å². The van der Waals surface area contributed by atoms with Gasteiger partial charge in [0.25, 0.3) is 5.91 Å². The van der Waals surface area contributed by atoms with Gasteiger partial charge in [-0.05, 0) is 12.1 Å². The fourth-order valence-electron chi connectivity index (χ4n) is 2.49. The van der Waals surface area contributed by atoms with Crippen molar-refractivity contribution in [3.8, 4) is 5.88 Å².